The van der Waals surface area contributed by atoms with Crippen molar-refractivity contribution in [1.29, 1.82) is 0 Å². The molecule has 0 atom stereocenters. The van der Waals surface area contributed by atoms with Crippen LogP contribution in [0.25, 0.3) is 0 Å². The molecule has 0 aromatic heterocycles. The topological polar surface area (TPSA) is 40.6 Å². The number of rotatable bonds is 2. The van der Waals surface area contributed by atoms with E-state index in [-0.39, 0.29) is 12.6 Å². The highest BCUT2D eigenvalue weighted by Gasteiger charge is 2.07. The Kier molecular flexibility index (Phi) is 3.46. The van der Waals surface area contributed by atoms with Gasteiger partial charge in [-0.15, -0.1) is 0 Å². The third-order valence-electron chi connectivity index (χ3n) is 1.06. The van der Waals surface area contributed by atoms with Crippen LogP contribution in [0.15, 0.2) is 0 Å². The van der Waals surface area contributed by atoms with E-state index in [1.807, 2.05) is 0 Å². The number of likely N-dealkylation sites (N-methyl/N-ethyl adjacent to an activating group) is 1. The molecule has 0 radical (unpaired) electrons. The van der Waals surface area contributed by atoms with E-state index in [0.29, 0.717) is 6.29 Å². The molecule has 2 amide bonds. The lowest BCUT2D eigenvalue weighted by molar-refractivity contribution is -0.108. The molecule has 0 bridgehead atoms. The average molecular weight is 144 g/mol. The van der Waals surface area contributed by atoms with E-state index in [9.17, 15) is 9.59 Å². The van der Waals surface area contributed by atoms with Crippen molar-refractivity contribution in [3.63, 3.8) is 0 Å². The number of carbonyl (C=O) groups excluding carboxylic acids is 2. The van der Waals surface area contributed by atoms with Gasteiger partial charge in [0, 0.05) is 21.1 Å². The average Bonchev–Trinajstić information content (AvgIpc) is 1.87. The SMILES string of the molecule is CN(C)C(=O)N(C)CC=O. The number of urea groups is 1. The summed E-state index contributed by atoms with van der Waals surface area (Å²) in [6.45, 7) is 0.150. The first-order chi connectivity index (χ1) is 4.59. The second-order valence-electron chi connectivity index (χ2n) is 2.22. The van der Waals surface area contributed by atoms with Gasteiger partial charge in [0.25, 0.3) is 0 Å². The summed E-state index contributed by atoms with van der Waals surface area (Å²) in [5.41, 5.74) is 0. The molecular weight excluding hydrogens is 132 g/mol. The molecule has 4 nitrogen and oxygen atoms in total. The fourth-order valence-corrected chi connectivity index (χ4v) is 0.531. The van der Waals surface area contributed by atoms with Crippen molar-refractivity contribution in [3.8, 4) is 0 Å². The van der Waals surface area contributed by atoms with Gasteiger partial charge in [0.2, 0.25) is 0 Å². The van der Waals surface area contributed by atoms with Crippen molar-refractivity contribution in [2.75, 3.05) is 27.7 Å². The number of hydrogen-bond acceptors (Lipinski definition) is 2. The van der Waals surface area contributed by atoms with Crippen LogP contribution in [0.1, 0.15) is 0 Å². The van der Waals surface area contributed by atoms with Crippen LogP contribution in [-0.2, 0) is 4.79 Å². The molecule has 0 N–H and O–H groups in total. The molecule has 0 aliphatic heterocycles. The summed E-state index contributed by atoms with van der Waals surface area (Å²) in [5, 5.41) is 0. The monoisotopic (exact) mass is 144 g/mol. The Balaban J connectivity index is 3.81. The van der Waals surface area contributed by atoms with Crippen LogP contribution in [0.4, 0.5) is 4.79 Å². The predicted octanol–water partition coefficient (Wildman–Crippen LogP) is -0.201. The van der Waals surface area contributed by atoms with E-state index in [2.05, 4.69) is 0 Å². The standard InChI is InChI=1S/C6H12N2O2/c1-7(2)6(10)8(3)4-5-9/h5H,4H2,1-3H3. The lowest BCUT2D eigenvalue weighted by Gasteiger charge is -2.18. The highest BCUT2D eigenvalue weighted by molar-refractivity contribution is 5.76. The smallest absolute Gasteiger partial charge is 0.319 e. The second kappa shape index (κ2) is 3.87. The maximum absolute atomic E-state index is 10.9. The highest BCUT2D eigenvalue weighted by Crippen LogP contribution is 1.87. The van der Waals surface area contributed by atoms with E-state index in [1.165, 1.54) is 9.80 Å². The van der Waals surface area contributed by atoms with Crippen molar-refractivity contribution in [1.82, 2.24) is 9.80 Å². The molecule has 0 aromatic carbocycles. The van der Waals surface area contributed by atoms with Gasteiger partial charge >= 0.3 is 6.03 Å². The molecule has 0 aliphatic rings. The molecule has 0 heterocycles. The third kappa shape index (κ3) is 2.48. The van der Waals surface area contributed by atoms with E-state index < -0.39 is 0 Å². The Morgan fingerprint density at radius 1 is 1.40 bits per heavy atom. The molecular formula is C6H12N2O2. The Bertz CT molecular complexity index is 134. The maximum Gasteiger partial charge on any atom is 0.319 e. The zero-order valence-electron chi connectivity index (χ0n) is 6.50. The minimum atomic E-state index is -0.160. The minimum absolute atomic E-state index is 0.150. The number of nitrogens with zero attached hydrogens (tertiary/aromatic N) is 2. The van der Waals surface area contributed by atoms with Gasteiger partial charge in [-0.25, -0.2) is 4.79 Å². The van der Waals surface area contributed by atoms with E-state index >= 15 is 0 Å². The van der Waals surface area contributed by atoms with Crippen molar-refractivity contribution in [2.24, 2.45) is 0 Å². The molecule has 4 heteroatoms. The molecule has 58 valence electrons. The quantitative estimate of drug-likeness (QED) is 0.503. The third-order valence-corrected chi connectivity index (χ3v) is 1.06. The normalized spacial score (nSPS) is 8.70. The molecule has 0 saturated carbocycles. The van der Waals surface area contributed by atoms with Gasteiger partial charge in [-0.05, 0) is 0 Å². The van der Waals surface area contributed by atoms with Gasteiger partial charge in [-0.2, -0.15) is 0 Å². The number of carbonyl (C=O) groups is 2. The molecule has 0 spiro atoms. The van der Waals surface area contributed by atoms with Crippen LogP contribution in [0.3, 0.4) is 0 Å². The molecule has 0 rings (SSSR count). The Hall–Kier alpha value is -1.06. The molecule has 10 heavy (non-hydrogen) atoms. The lowest BCUT2D eigenvalue weighted by Crippen LogP contribution is -2.37. The van der Waals surface area contributed by atoms with Crippen molar-refractivity contribution < 1.29 is 9.59 Å². The first kappa shape index (κ1) is 8.94. The summed E-state index contributed by atoms with van der Waals surface area (Å²) in [6.07, 6.45) is 0.696. The maximum atomic E-state index is 10.9. The van der Waals surface area contributed by atoms with Gasteiger partial charge < -0.3 is 14.6 Å². The highest BCUT2D eigenvalue weighted by atomic mass is 16.2. The zero-order chi connectivity index (χ0) is 8.15. The van der Waals surface area contributed by atoms with Crippen LogP contribution in [0.2, 0.25) is 0 Å². The van der Waals surface area contributed by atoms with Crippen LogP contribution in [0.5, 0.6) is 0 Å². The summed E-state index contributed by atoms with van der Waals surface area (Å²) in [7, 11) is 4.87. The summed E-state index contributed by atoms with van der Waals surface area (Å²) < 4.78 is 0. The minimum Gasteiger partial charge on any atom is -0.331 e. The zero-order valence-corrected chi connectivity index (χ0v) is 6.50. The van der Waals surface area contributed by atoms with Gasteiger partial charge in [0.15, 0.2) is 0 Å². The number of amides is 2. The van der Waals surface area contributed by atoms with E-state index in [4.69, 9.17) is 0 Å². The lowest BCUT2D eigenvalue weighted by atomic mass is 10.6. The number of hydrogen-bond donors (Lipinski definition) is 0. The van der Waals surface area contributed by atoms with Crippen LogP contribution in [-0.4, -0.2) is 49.8 Å². The summed E-state index contributed by atoms with van der Waals surface area (Å²) >= 11 is 0. The van der Waals surface area contributed by atoms with Crippen LogP contribution in [0, 0.1) is 0 Å². The predicted molar refractivity (Wildman–Crippen MR) is 37.8 cm³/mol. The molecule has 0 aliphatic carbocycles. The Labute approximate surface area is 60.4 Å². The van der Waals surface area contributed by atoms with Gasteiger partial charge in [-0.3, -0.25) is 0 Å². The Morgan fingerprint density at radius 3 is 2.20 bits per heavy atom. The second-order valence-corrected chi connectivity index (χ2v) is 2.22. The molecule has 0 saturated heterocycles. The van der Waals surface area contributed by atoms with E-state index in [1.54, 1.807) is 21.1 Å². The number of aldehydes is 1. The summed E-state index contributed by atoms with van der Waals surface area (Å²) in [4.78, 5) is 23.6. The van der Waals surface area contributed by atoms with Gasteiger partial charge in [-0.1, -0.05) is 0 Å². The molecule has 0 aromatic rings. The molecule has 0 unspecified atom stereocenters. The summed E-state index contributed by atoms with van der Waals surface area (Å²) in [5.74, 6) is 0. The van der Waals surface area contributed by atoms with Crippen molar-refractivity contribution in [2.45, 2.75) is 0 Å². The van der Waals surface area contributed by atoms with Crippen molar-refractivity contribution in [3.05, 3.63) is 0 Å². The first-order valence-electron chi connectivity index (χ1n) is 2.95. The van der Waals surface area contributed by atoms with Crippen LogP contribution < -0.4 is 0 Å². The fourth-order valence-electron chi connectivity index (χ4n) is 0.531. The molecule has 0 fully saturated rings. The fraction of sp³-hybridized carbons (Fsp3) is 0.667. The summed E-state index contributed by atoms with van der Waals surface area (Å²) in [6, 6.07) is -0.160. The van der Waals surface area contributed by atoms with E-state index in [0.717, 1.165) is 0 Å². The van der Waals surface area contributed by atoms with Gasteiger partial charge in [0.05, 0.1) is 6.54 Å². The first-order valence-corrected chi connectivity index (χ1v) is 2.95. The van der Waals surface area contributed by atoms with Crippen LogP contribution >= 0.6 is 0 Å². The Morgan fingerprint density at radius 2 is 1.90 bits per heavy atom. The largest absolute Gasteiger partial charge is 0.331 e. The van der Waals surface area contributed by atoms with Gasteiger partial charge in [0.1, 0.15) is 6.29 Å². The van der Waals surface area contributed by atoms with Crippen molar-refractivity contribution >= 4 is 12.3 Å².